The van der Waals surface area contributed by atoms with Crippen molar-refractivity contribution in [2.24, 2.45) is 0 Å². The number of carbonyl (C=O) groups is 2. The van der Waals surface area contributed by atoms with Crippen molar-refractivity contribution >= 4 is 17.6 Å². The van der Waals surface area contributed by atoms with Crippen molar-refractivity contribution in [2.45, 2.75) is 58.8 Å². The van der Waals surface area contributed by atoms with Gasteiger partial charge in [-0.15, -0.1) is 0 Å². The van der Waals surface area contributed by atoms with Gasteiger partial charge in [0.2, 0.25) is 5.91 Å². The summed E-state index contributed by atoms with van der Waals surface area (Å²) in [5.41, 5.74) is 0.733. The average molecular weight is 468 g/mol. The molecule has 8 nitrogen and oxygen atoms in total. The van der Waals surface area contributed by atoms with Crippen LogP contribution in [0.1, 0.15) is 58.8 Å². The molecule has 0 aliphatic heterocycles. The predicted octanol–water partition coefficient (Wildman–Crippen LogP) is 4.37. The number of anilines is 1. The van der Waals surface area contributed by atoms with Crippen LogP contribution in [-0.2, 0) is 28.5 Å². The first-order valence-corrected chi connectivity index (χ1v) is 12.0. The van der Waals surface area contributed by atoms with Crippen LogP contribution >= 0.6 is 0 Å². The highest BCUT2D eigenvalue weighted by Gasteiger charge is 2.02. The minimum absolute atomic E-state index is 0.106. The Labute approximate surface area is 198 Å². The Balaban J connectivity index is 1.81. The maximum atomic E-state index is 11.6. The third kappa shape index (κ3) is 18.0. The summed E-state index contributed by atoms with van der Waals surface area (Å²) in [5.74, 6) is 0.466. The van der Waals surface area contributed by atoms with Crippen LogP contribution < -0.4 is 10.1 Å². The maximum absolute atomic E-state index is 11.6. The zero-order valence-electron chi connectivity index (χ0n) is 20.3. The molecule has 0 saturated heterocycles. The van der Waals surface area contributed by atoms with Gasteiger partial charge in [0.1, 0.15) is 19.0 Å². The molecule has 33 heavy (non-hydrogen) atoms. The molecule has 1 N–H and O–H groups in total. The van der Waals surface area contributed by atoms with Gasteiger partial charge >= 0.3 is 5.97 Å². The highest BCUT2D eigenvalue weighted by atomic mass is 16.6. The van der Waals surface area contributed by atoms with Crippen molar-refractivity contribution in [1.82, 2.24) is 0 Å². The normalized spacial score (nSPS) is 10.7. The van der Waals surface area contributed by atoms with Crippen molar-refractivity contribution in [3.63, 3.8) is 0 Å². The van der Waals surface area contributed by atoms with Crippen LogP contribution in [-0.4, -0.2) is 64.7 Å². The quantitative estimate of drug-likeness (QED) is 0.212. The standard InChI is InChI=1S/C25H41NO7/c1-3-4-5-6-7-8-9-25(28)33-21-19-31-17-15-29-14-16-30-18-20-32-24-12-10-23(11-13-24)26-22(2)27/h10-13H,3-9,14-21H2,1-2H3,(H,26,27). The minimum atomic E-state index is -0.145. The number of esters is 1. The van der Waals surface area contributed by atoms with Gasteiger partial charge in [0, 0.05) is 19.0 Å². The molecule has 0 heterocycles. The van der Waals surface area contributed by atoms with E-state index in [0.717, 1.165) is 18.5 Å². The van der Waals surface area contributed by atoms with E-state index in [1.807, 2.05) is 0 Å². The predicted molar refractivity (Wildman–Crippen MR) is 128 cm³/mol. The van der Waals surface area contributed by atoms with E-state index in [1.165, 1.54) is 32.6 Å². The van der Waals surface area contributed by atoms with Crippen molar-refractivity contribution in [2.75, 3.05) is 58.2 Å². The first kappa shape index (κ1) is 28.9. The average Bonchev–Trinajstić information content (AvgIpc) is 2.80. The summed E-state index contributed by atoms with van der Waals surface area (Å²) in [6.45, 7) is 7.08. The molecule has 8 heteroatoms. The SMILES string of the molecule is CCCCCCCCC(=O)OCCOCCOCCOCCOc1ccc(NC(C)=O)cc1. The minimum Gasteiger partial charge on any atom is -0.491 e. The monoisotopic (exact) mass is 467 g/mol. The molecule has 1 amide bonds. The largest absolute Gasteiger partial charge is 0.491 e. The Hall–Kier alpha value is -2.16. The fourth-order valence-electron chi connectivity index (χ4n) is 2.93. The van der Waals surface area contributed by atoms with Gasteiger partial charge in [-0.1, -0.05) is 39.0 Å². The lowest BCUT2D eigenvalue weighted by Crippen LogP contribution is -2.14. The fourth-order valence-corrected chi connectivity index (χ4v) is 2.93. The molecule has 1 rings (SSSR count). The summed E-state index contributed by atoms with van der Waals surface area (Å²) in [7, 11) is 0. The van der Waals surface area contributed by atoms with Crippen molar-refractivity contribution in [1.29, 1.82) is 0 Å². The van der Waals surface area contributed by atoms with Crippen molar-refractivity contribution in [3.8, 4) is 5.75 Å². The summed E-state index contributed by atoms with van der Waals surface area (Å²) in [6.07, 6.45) is 7.43. The number of rotatable bonds is 21. The first-order chi connectivity index (χ1) is 16.1. The molecule has 0 radical (unpaired) electrons. The molecule has 0 atom stereocenters. The summed E-state index contributed by atoms with van der Waals surface area (Å²) in [4.78, 5) is 22.6. The van der Waals surface area contributed by atoms with Crippen LogP contribution in [0.4, 0.5) is 5.69 Å². The molecule has 1 aromatic rings. The molecule has 0 fully saturated rings. The van der Waals surface area contributed by atoms with Crippen LogP contribution in [0.5, 0.6) is 5.75 Å². The van der Waals surface area contributed by atoms with Gasteiger partial charge in [0.15, 0.2) is 0 Å². The molecular weight excluding hydrogens is 426 g/mol. The van der Waals surface area contributed by atoms with Crippen LogP contribution in [0.3, 0.4) is 0 Å². The third-order valence-electron chi connectivity index (χ3n) is 4.64. The van der Waals surface area contributed by atoms with Crippen LogP contribution in [0.15, 0.2) is 24.3 Å². The first-order valence-electron chi connectivity index (χ1n) is 12.0. The van der Waals surface area contributed by atoms with E-state index in [1.54, 1.807) is 24.3 Å². The smallest absolute Gasteiger partial charge is 0.305 e. The number of hydrogen-bond acceptors (Lipinski definition) is 7. The number of unbranched alkanes of at least 4 members (excludes halogenated alkanes) is 5. The molecular formula is C25H41NO7. The number of amides is 1. The van der Waals surface area contributed by atoms with E-state index in [2.05, 4.69) is 12.2 Å². The van der Waals surface area contributed by atoms with Crippen LogP contribution in [0.25, 0.3) is 0 Å². The van der Waals surface area contributed by atoms with E-state index >= 15 is 0 Å². The van der Waals surface area contributed by atoms with Gasteiger partial charge in [0.25, 0.3) is 0 Å². The summed E-state index contributed by atoms with van der Waals surface area (Å²) in [6, 6.07) is 7.16. The van der Waals surface area contributed by atoms with E-state index in [-0.39, 0.29) is 18.5 Å². The Kier molecular flexibility index (Phi) is 17.9. The Bertz CT molecular complexity index is 622. The van der Waals surface area contributed by atoms with Crippen LogP contribution in [0, 0.1) is 0 Å². The number of hydrogen-bond donors (Lipinski definition) is 1. The van der Waals surface area contributed by atoms with E-state index in [4.69, 9.17) is 23.7 Å². The van der Waals surface area contributed by atoms with Gasteiger partial charge < -0.3 is 29.0 Å². The van der Waals surface area contributed by atoms with Crippen molar-refractivity contribution in [3.05, 3.63) is 24.3 Å². The molecule has 0 saturated carbocycles. The molecule has 0 aliphatic carbocycles. The number of ether oxygens (including phenoxy) is 5. The van der Waals surface area contributed by atoms with Gasteiger partial charge in [0.05, 0.1) is 39.6 Å². The van der Waals surface area contributed by atoms with E-state index in [0.29, 0.717) is 58.4 Å². The maximum Gasteiger partial charge on any atom is 0.305 e. The topological polar surface area (TPSA) is 92.3 Å². The summed E-state index contributed by atoms with van der Waals surface area (Å²) >= 11 is 0. The molecule has 0 bridgehead atoms. The molecule has 1 aromatic carbocycles. The Morgan fingerprint density at radius 2 is 1.27 bits per heavy atom. The van der Waals surface area contributed by atoms with Gasteiger partial charge in [-0.3, -0.25) is 9.59 Å². The molecule has 0 unspecified atom stereocenters. The Morgan fingerprint density at radius 1 is 0.727 bits per heavy atom. The molecule has 188 valence electrons. The summed E-state index contributed by atoms with van der Waals surface area (Å²) < 4.78 is 27.0. The molecule has 0 aromatic heterocycles. The fraction of sp³-hybridized carbons (Fsp3) is 0.680. The Morgan fingerprint density at radius 3 is 1.88 bits per heavy atom. The van der Waals surface area contributed by atoms with Crippen molar-refractivity contribution < 1.29 is 33.3 Å². The molecule has 0 aliphatic rings. The second-order valence-electron chi connectivity index (χ2n) is 7.63. The second-order valence-corrected chi connectivity index (χ2v) is 7.63. The zero-order valence-corrected chi connectivity index (χ0v) is 20.3. The van der Waals surface area contributed by atoms with Gasteiger partial charge in [-0.05, 0) is 30.7 Å². The highest BCUT2D eigenvalue weighted by molar-refractivity contribution is 5.88. The lowest BCUT2D eigenvalue weighted by atomic mass is 10.1. The van der Waals surface area contributed by atoms with E-state index < -0.39 is 0 Å². The van der Waals surface area contributed by atoms with Gasteiger partial charge in [-0.2, -0.15) is 0 Å². The number of carbonyl (C=O) groups excluding carboxylic acids is 2. The highest BCUT2D eigenvalue weighted by Crippen LogP contribution is 2.15. The lowest BCUT2D eigenvalue weighted by molar-refractivity contribution is -0.145. The number of nitrogens with one attached hydrogen (secondary N) is 1. The zero-order chi connectivity index (χ0) is 24.0. The third-order valence-corrected chi connectivity index (χ3v) is 4.64. The summed E-state index contributed by atoms with van der Waals surface area (Å²) in [5, 5.41) is 2.70. The number of benzene rings is 1. The van der Waals surface area contributed by atoms with Crippen LogP contribution in [0.2, 0.25) is 0 Å². The molecule has 0 spiro atoms. The second kappa shape index (κ2) is 20.4. The van der Waals surface area contributed by atoms with E-state index in [9.17, 15) is 9.59 Å². The van der Waals surface area contributed by atoms with Gasteiger partial charge in [-0.25, -0.2) is 0 Å². The lowest BCUT2D eigenvalue weighted by Gasteiger charge is -2.09.